The SMILES string of the molecule is OCc1ccc(NC2CCCC(C(F)(F)F)C2)cc1. The molecule has 0 bridgehead atoms. The summed E-state index contributed by atoms with van der Waals surface area (Å²) in [5, 5.41) is 12.1. The molecule has 2 nitrogen and oxygen atoms in total. The van der Waals surface area contributed by atoms with Gasteiger partial charge in [0, 0.05) is 11.7 Å². The first-order chi connectivity index (χ1) is 8.99. The van der Waals surface area contributed by atoms with E-state index in [-0.39, 0.29) is 25.5 Å². The van der Waals surface area contributed by atoms with E-state index in [0.29, 0.717) is 6.42 Å². The zero-order valence-corrected chi connectivity index (χ0v) is 10.6. The molecule has 1 aromatic rings. The van der Waals surface area contributed by atoms with Gasteiger partial charge < -0.3 is 10.4 Å². The Balaban J connectivity index is 1.94. The number of anilines is 1. The van der Waals surface area contributed by atoms with Gasteiger partial charge in [-0.1, -0.05) is 18.6 Å². The van der Waals surface area contributed by atoms with Crippen LogP contribution in [-0.4, -0.2) is 17.3 Å². The monoisotopic (exact) mass is 273 g/mol. The topological polar surface area (TPSA) is 32.3 Å². The molecule has 0 aliphatic heterocycles. The lowest BCUT2D eigenvalue weighted by Gasteiger charge is -2.31. The molecule has 1 aliphatic rings. The first-order valence-corrected chi connectivity index (χ1v) is 6.52. The van der Waals surface area contributed by atoms with Crippen LogP contribution in [0.4, 0.5) is 18.9 Å². The number of hydrogen-bond acceptors (Lipinski definition) is 2. The fourth-order valence-electron chi connectivity index (χ4n) is 2.56. The molecule has 2 unspecified atom stereocenters. The lowest BCUT2D eigenvalue weighted by Crippen LogP contribution is -2.34. The number of rotatable bonds is 3. The highest BCUT2D eigenvalue weighted by molar-refractivity contribution is 5.45. The molecule has 1 aliphatic carbocycles. The minimum atomic E-state index is -4.08. The van der Waals surface area contributed by atoms with Gasteiger partial charge in [0.05, 0.1) is 12.5 Å². The molecule has 0 spiro atoms. The zero-order valence-electron chi connectivity index (χ0n) is 10.6. The van der Waals surface area contributed by atoms with Gasteiger partial charge in [-0.05, 0) is 37.0 Å². The lowest BCUT2D eigenvalue weighted by atomic mass is 9.85. The lowest BCUT2D eigenvalue weighted by molar-refractivity contribution is -0.182. The number of aliphatic hydroxyl groups excluding tert-OH is 1. The highest BCUT2D eigenvalue weighted by Gasteiger charge is 2.42. The van der Waals surface area contributed by atoms with Crippen LogP contribution in [0.25, 0.3) is 0 Å². The van der Waals surface area contributed by atoms with Gasteiger partial charge in [-0.25, -0.2) is 0 Å². The van der Waals surface area contributed by atoms with Crippen LogP contribution in [0.1, 0.15) is 31.2 Å². The Labute approximate surface area is 110 Å². The van der Waals surface area contributed by atoms with Gasteiger partial charge in [0.1, 0.15) is 0 Å². The average Bonchev–Trinajstić information content (AvgIpc) is 2.39. The highest BCUT2D eigenvalue weighted by atomic mass is 19.4. The fourth-order valence-corrected chi connectivity index (χ4v) is 2.56. The molecule has 5 heteroatoms. The molecule has 0 saturated heterocycles. The summed E-state index contributed by atoms with van der Waals surface area (Å²) < 4.78 is 38.1. The van der Waals surface area contributed by atoms with Crippen LogP contribution in [-0.2, 0) is 6.61 Å². The molecular formula is C14H18F3NO. The summed E-state index contributed by atoms with van der Waals surface area (Å²) >= 11 is 0. The van der Waals surface area contributed by atoms with E-state index in [1.54, 1.807) is 24.3 Å². The molecule has 2 rings (SSSR count). The second-order valence-corrected chi connectivity index (χ2v) is 5.10. The Bertz CT molecular complexity index is 402. The number of alkyl halides is 3. The predicted octanol–water partition coefficient (Wildman–Crippen LogP) is 3.71. The van der Waals surface area contributed by atoms with Crippen LogP contribution in [0, 0.1) is 5.92 Å². The largest absolute Gasteiger partial charge is 0.392 e. The van der Waals surface area contributed by atoms with Gasteiger partial charge in [-0.3, -0.25) is 0 Å². The normalized spacial score (nSPS) is 24.2. The van der Waals surface area contributed by atoms with Crippen molar-refractivity contribution in [2.75, 3.05) is 5.32 Å². The van der Waals surface area contributed by atoms with Crippen molar-refractivity contribution in [1.82, 2.24) is 0 Å². The van der Waals surface area contributed by atoms with E-state index in [1.165, 1.54) is 0 Å². The Morgan fingerprint density at radius 3 is 2.42 bits per heavy atom. The highest BCUT2D eigenvalue weighted by Crippen LogP contribution is 2.38. The van der Waals surface area contributed by atoms with Crippen molar-refractivity contribution in [2.45, 2.75) is 44.5 Å². The zero-order chi connectivity index (χ0) is 13.9. The summed E-state index contributed by atoms with van der Waals surface area (Å²) in [6, 6.07) is 7.00. The van der Waals surface area contributed by atoms with E-state index < -0.39 is 12.1 Å². The fraction of sp³-hybridized carbons (Fsp3) is 0.571. The first-order valence-electron chi connectivity index (χ1n) is 6.52. The van der Waals surface area contributed by atoms with Gasteiger partial charge >= 0.3 is 6.18 Å². The molecule has 0 heterocycles. The van der Waals surface area contributed by atoms with E-state index in [1.807, 2.05) is 0 Å². The van der Waals surface area contributed by atoms with E-state index in [0.717, 1.165) is 17.7 Å². The second kappa shape index (κ2) is 5.82. The molecule has 2 atom stereocenters. The quantitative estimate of drug-likeness (QED) is 0.880. The number of aliphatic hydroxyl groups is 1. The Morgan fingerprint density at radius 1 is 1.16 bits per heavy atom. The van der Waals surface area contributed by atoms with Crippen molar-refractivity contribution in [1.29, 1.82) is 0 Å². The van der Waals surface area contributed by atoms with Gasteiger partial charge in [-0.2, -0.15) is 13.2 Å². The summed E-state index contributed by atoms with van der Waals surface area (Å²) in [7, 11) is 0. The molecule has 1 saturated carbocycles. The number of halogens is 3. The molecule has 1 aromatic carbocycles. The third-order valence-corrected chi connectivity index (χ3v) is 3.64. The van der Waals surface area contributed by atoms with Crippen LogP contribution in [0.15, 0.2) is 24.3 Å². The maximum atomic E-state index is 12.7. The third-order valence-electron chi connectivity index (χ3n) is 3.64. The molecule has 2 N–H and O–H groups in total. The summed E-state index contributed by atoms with van der Waals surface area (Å²) in [6.07, 6.45) is -2.32. The Morgan fingerprint density at radius 2 is 1.84 bits per heavy atom. The van der Waals surface area contributed by atoms with Crippen LogP contribution in [0.3, 0.4) is 0 Å². The second-order valence-electron chi connectivity index (χ2n) is 5.10. The number of benzene rings is 1. The summed E-state index contributed by atoms with van der Waals surface area (Å²) in [5.41, 5.74) is 1.60. The predicted molar refractivity (Wildman–Crippen MR) is 67.8 cm³/mol. The standard InChI is InChI=1S/C14H18F3NO/c15-14(16,17)11-2-1-3-13(8-11)18-12-6-4-10(9-19)5-7-12/h4-7,11,13,18-19H,1-3,8-9H2. The molecule has 0 aromatic heterocycles. The van der Waals surface area contributed by atoms with Gasteiger partial charge in [0.15, 0.2) is 0 Å². The van der Waals surface area contributed by atoms with Crippen LogP contribution >= 0.6 is 0 Å². The van der Waals surface area contributed by atoms with Crippen molar-refractivity contribution in [3.05, 3.63) is 29.8 Å². The Hall–Kier alpha value is -1.23. The summed E-state index contributed by atoms with van der Waals surface area (Å²) in [5.74, 6) is -1.18. The molecular weight excluding hydrogens is 255 g/mol. The molecule has 1 fully saturated rings. The number of nitrogens with one attached hydrogen (secondary N) is 1. The van der Waals surface area contributed by atoms with Crippen molar-refractivity contribution >= 4 is 5.69 Å². The van der Waals surface area contributed by atoms with Crippen molar-refractivity contribution in [3.63, 3.8) is 0 Å². The average molecular weight is 273 g/mol. The van der Waals surface area contributed by atoms with Crippen LogP contribution < -0.4 is 5.32 Å². The van der Waals surface area contributed by atoms with Gasteiger partial charge in [0.25, 0.3) is 0 Å². The van der Waals surface area contributed by atoms with E-state index in [9.17, 15) is 13.2 Å². The van der Waals surface area contributed by atoms with Crippen molar-refractivity contribution in [3.8, 4) is 0 Å². The minimum Gasteiger partial charge on any atom is -0.392 e. The molecule has 0 radical (unpaired) electrons. The molecule has 106 valence electrons. The number of hydrogen-bond donors (Lipinski definition) is 2. The minimum absolute atomic E-state index is 0.0279. The summed E-state index contributed by atoms with van der Waals surface area (Å²) in [6.45, 7) is -0.0279. The van der Waals surface area contributed by atoms with Crippen molar-refractivity contribution in [2.24, 2.45) is 5.92 Å². The first kappa shape index (κ1) is 14.2. The Kier molecular flexibility index (Phi) is 4.34. The van der Waals surface area contributed by atoms with Crippen molar-refractivity contribution < 1.29 is 18.3 Å². The van der Waals surface area contributed by atoms with Gasteiger partial charge in [-0.15, -0.1) is 0 Å². The van der Waals surface area contributed by atoms with Crippen LogP contribution in [0.2, 0.25) is 0 Å². The third kappa shape index (κ3) is 3.86. The van der Waals surface area contributed by atoms with Crippen LogP contribution in [0.5, 0.6) is 0 Å². The molecule has 0 amide bonds. The van der Waals surface area contributed by atoms with Gasteiger partial charge in [0.2, 0.25) is 0 Å². The van der Waals surface area contributed by atoms with E-state index in [2.05, 4.69) is 5.32 Å². The maximum absolute atomic E-state index is 12.7. The van der Waals surface area contributed by atoms with E-state index in [4.69, 9.17) is 5.11 Å². The van der Waals surface area contributed by atoms with E-state index >= 15 is 0 Å². The maximum Gasteiger partial charge on any atom is 0.391 e. The molecule has 19 heavy (non-hydrogen) atoms. The smallest absolute Gasteiger partial charge is 0.391 e. The summed E-state index contributed by atoms with van der Waals surface area (Å²) in [4.78, 5) is 0.